The summed E-state index contributed by atoms with van der Waals surface area (Å²) in [5.74, 6) is 0.774. The van der Waals surface area contributed by atoms with Gasteiger partial charge in [-0.25, -0.2) is 4.98 Å². The Morgan fingerprint density at radius 2 is 2.06 bits per heavy atom. The number of para-hydroxylation sites is 1. The van der Waals surface area contributed by atoms with E-state index in [1.807, 2.05) is 49.5 Å². The van der Waals surface area contributed by atoms with Gasteiger partial charge in [-0.2, -0.15) is 0 Å². The molecule has 160 valence electrons. The van der Waals surface area contributed by atoms with Crippen molar-refractivity contribution in [3.8, 4) is 11.5 Å². The first-order valence-electron chi connectivity index (χ1n) is 10.7. The molecule has 0 fully saturated rings. The second kappa shape index (κ2) is 7.90. The Bertz CT molecular complexity index is 1420. The second-order valence-electron chi connectivity index (χ2n) is 7.94. The van der Waals surface area contributed by atoms with Gasteiger partial charge in [-0.3, -0.25) is 4.79 Å². The molecule has 0 saturated carbocycles. The zero-order valence-electron chi connectivity index (χ0n) is 18.0. The van der Waals surface area contributed by atoms with Gasteiger partial charge in [0.2, 0.25) is 0 Å². The Morgan fingerprint density at radius 3 is 2.88 bits per heavy atom. The molecule has 0 radical (unpaired) electrons. The van der Waals surface area contributed by atoms with Crippen molar-refractivity contribution in [2.75, 3.05) is 13.1 Å². The summed E-state index contributed by atoms with van der Waals surface area (Å²) >= 11 is 0. The zero-order chi connectivity index (χ0) is 22.2. The largest absolute Gasteiger partial charge is 0.338 e. The van der Waals surface area contributed by atoms with Crippen LogP contribution in [0.4, 0.5) is 0 Å². The molecule has 1 aliphatic rings. The molecule has 32 heavy (non-hydrogen) atoms. The smallest absolute Gasteiger partial charge is 0.254 e. The van der Waals surface area contributed by atoms with Crippen LogP contribution in [0.25, 0.3) is 43.9 Å². The number of azide groups is 1. The third-order valence-corrected chi connectivity index (χ3v) is 6.06. The van der Waals surface area contributed by atoms with E-state index in [9.17, 15) is 4.79 Å². The average molecular weight is 425 g/mol. The lowest BCUT2D eigenvalue weighted by molar-refractivity contribution is 0.0764. The van der Waals surface area contributed by atoms with Gasteiger partial charge in [0.05, 0.1) is 22.8 Å². The number of benzene rings is 2. The molecule has 0 N–H and O–H groups in total. The van der Waals surface area contributed by atoms with Gasteiger partial charge in [-0.05, 0) is 42.8 Å². The predicted molar refractivity (Wildman–Crippen MR) is 125 cm³/mol. The van der Waals surface area contributed by atoms with Crippen molar-refractivity contribution in [3.05, 3.63) is 76.7 Å². The van der Waals surface area contributed by atoms with E-state index in [0.717, 1.165) is 29.1 Å². The molecular weight excluding hydrogens is 402 g/mol. The SMILES string of the molecule is CCn1c(-c2nc3cc(C(=O)N4CC=C[C@@H](N=[N+]=[N-])C4)ccc3n2C)cc2ccccc21. The molecule has 0 saturated heterocycles. The summed E-state index contributed by atoms with van der Waals surface area (Å²) in [6.07, 6.45) is 3.70. The first kappa shape index (κ1) is 19.9. The van der Waals surface area contributed by atoms with E-state index in [-0.39, 0.29) is 11.9 Å². The van der Waals surface area contributed by atoms with E-state index in [2.05, 4.69) is 44.3 Å². The summed E-state index contributed by atoms with van der Waals surface area (Å²) in [4.78, 5) is 22.6. The highest BCUT2D eigenvalue weighted by atomic mass is 16.2. The van der Waals surface area contributed by atoms with Gasteiger partial charge < -0.3 is 14.0 Å². The number of amides is 1. The molecule has 0 bridgehead atoms. The number of hydrogen-bond acceptors (Lipinski definition) is 3. The maximum Gasteiger partial charge on any atom is 0.254 e. The Hall–Kier alpha value is -4.03. The molecule has 3 heterocycles. The number of aryl methyl sites for hydroxylation is 2. The van der Waals surface area contributed by atoms with E-state index in [0.29, 0.717) is 18.7 Å². The third kappa shape index (κ3) is 3.21. The van der Waals surface area contributed by atoms with Crippen molar-refractivity contribution in [2.24, 2.45) is 12.2 Å². The molecule has 1 aliphatic heterocycles. The Labute approximate surface area is 185 Å². The van der Waals surface area contributed by atoms with E-state index < -0.39 is 0 Å². The molecule has 0 aliphatic carbocycles. The van der Waals surface area contributed by atoms with Crippen LogP contribution in [0.1, 0.15) is 17.3 Å². The van der Waals surface area contributed by atoms with Gasteiger partial charge in [0.25, 0.3) is 5.91 Å². The molecule has 8 nitrogen and oxygen atoms in total. The van der Waals surface area contributed by atoms with Crippen LogP contribution < -0.4 is 0 Å². The van der Waals surface area contributed by atoms with Crippen LogP contribution in [0.15, 0.2) is 65.8 Å². The highest BCUT2D eigenvalue weighted by Crippen LogP contribution is 2.30. The van der Waals surface area contributed by atoms with Crippen LogP contribution in [0, 0.1) is 0 Å². The fourth-order valence-electron chi connectivity index (χ4n) is 4.49. The maximum atomic E-state index is 13.1. The number of carbonyl (C=O) groups excluding carboxylic acids is 1. The second-order valence-corrected chi connectivity index (χ2v) is 7.94. The fourth-order valence-corrected chi connectivity index (χ4v) is 4.49. The van der Waals surface area contributed by atoms with Crippen LogP contribution in [0.2, 0.25) is 0 Å². The van der Waals surface area contributed by atoms with Gasteiger partial charge in [-0.1, -0.05) is 35.5 Å². The molecule has 0 spiro atoms. The first-order valence-corrected chi connectivity index (χ1v) is 10.7. The van der Waals surface area contributed by atoms with Gasteiger partial charge in [0.15, 0.2) is 5.82 Å². The van der Waals surface area contributed by atoms with Crippen LogP contribution in [-0.2, 0) is 13.6 Å². The van der Waals surface area contributed by atoms with Gasteiger partial charge in [0.1, 0.15) is 0 Å². The molecule has 4 aromatic rings. The summed E-state index contributed by atoms with van der Waals surface area (Å²) in [6.45, 7) is 3.84. The molecule has 8 heteroatoms. The number of nitrogens with zero attached hydrogens (tertiary/aromatic N) is 7. The van der Waals surface area contributed by atoms with E-state index >= 15 is 0 Å². The number of hydrogen-bond donors (Lipinski definition) is 0. The fraction of sp³-hybridized carbons (Fsp3) is 0.250. The average Bonchev–Trinajstić information content (AvgIpc) is 3.35. The lowest BCUT2D eigenvalue weighted by Gasteiger charge is -2.26. The van der Waals surface area contributed by atoms with Gasteiger partial charge in [0, 0.05) is 48.1 Å². The molecule has 0 unspecified atom stereocenters. The summed E-state index contributed by atoms with van der Waals surface area (Å²) < 4.78 is 4.34. The molecule has 2 aromatic carbocycles. The highest BCUT2D eigenvalue weighted by molar-refractivity contribution is 5.98. The van der Waals surface area contributed by atoms with Crippen molar-refractivity contribution in [1.82, 2.24) is 19.0 Å². The number of imidazole rings is 1. The zero-order valence-corrected chi connectivity index (χ0v) is 18.0. The van der Waals surface area contributed by atoms with Gasteiger partial charge >= 0.3 is 0 Å². The van der Waals surface area contributed by atoms with Crippen LogP contribution in [0.3, 0.4) is 0 Å². The molecule has 2 aromatic heterocycles. The minimum absolute atomic E-state index is 0.0933. The van der Waals surface area contributed by atoms with E-state index in [4.69, 9.17) is 10.5 Å². The van der Waals surface area contributed by atoms with Crippen molar-refractivity contribution < 1.29 is 4.79 Å². The van der Waals surface area contributed by atoms with Crippen LogP contribution in [0.5, 0.6) is 0 Å². The Morgan fingerprint density at radius 1 is 1.22 bits per heavy atom. The van der Waals surface area contributed by atoms with E-state index in [1.165, 1.54) is 10.9 Å². The van der Waals surface area contributed by atoms with E-state index in [1.54, 1.807) is 4.90 Å². The highest BCUT2D eigenvalue weighted by Gasteiger charge is 2.22. The number of aromatic nitrogens is 3. The number of fused-ring (bicyclic) bond motifs is 2. The van der Waals surface area contributed by atoms with Crippen molar-refractivity contribution >= 4 is 27.8 Å². The standard InChI is InChI=1S/C24H23N7O/c1-3-31-20-9-5-4-7-16(20)14-22(31)23-26-19-13-17(10-11-21(19)29(23)2)24(32)30-12-6-8-18(15-30)27-28-25/h4-11,13-14,18H,3,12,15H2,1-2H3/t18-/m1/s1. The minimum Gasteiger partial charge on any atom is -0.338 e. The van der Waals surface area contributed by atoms with Crippen molar-refractivity contribution in [2.45, 2.75) is 19.5 Å². The van der Waals surface area contributed by atoms with Crippen molar-refractivity contribution in [3.63, 3.8) is 0 Å². The van der Waals surface area contributed by atoms with Crippen LogP contribution >= 0.6 is 0 Å². The molecule has 1 amide bonds. The lowest BCUT2D eigenvalue weighted by atomic mass is 10.1. The monoisotopic (exact) mass is 425 g/mol. The number of carbonyl (C=O) groups is 1. The maximum absolute atomic E-state index is 13.1. The van der Waals surface area contributed by atoms with Crippen molar-refractivity contribution in [1.29, 1.82) is 0 Å². The van der Waals surface area contributed by atoms with Gasteiger partial charge in [-0.15, -0.1) is 0 Å². The summed E-state index contributed by atoms with van der Waals surface area (Å²) in [5.41, 5.74) is 13.3. The topological polar surface area (TPSA) is 91.8 Å². The molecule has 5 rings (SSSR count). The van der Waals surface area contributed by atoms with Crippen LogP contribution in [-0.4, -0.2) is 44.1 Å². The first-order chi connectivity index (χ1) is 15.6. The molecular formula is C24H23N7O. The third-order valence-electron chi connectivity index (χ3n) is 6.06. The normalized spacial score (nSPS) is 15.9. The Balaban J connectivity index is 1.54. The summed E-state index contributed by atoms with van der Waals surface area (Å²) in [7, 11) is 2.00. The predicted octanol–water partition coefficient (Wildman–Crippen LogP) is 4.91. The minimum atomic E-state index is -0.334. The lowest BCUT2D eigenvalue weighted by Crippen LogP contribution is -2.39. The summed E-state index contributed by atoms with van der Waals surface area (Å²) in [6, 6.07) is 15.8. The quantitative estimate of drug-likeness (QED) is 0.201. The number of rotatable bonds is 4. The molecule has 1 atom stereocenters. The Kier molecular flexibility index (Phi) is 4.92. The summed E-state index contributed by atoms with van der Waals surface area (Å²) in [5, 5.41) is 4.91.